The number of benzene rings is 1. The number of rotatable bonds is 4. The molecule has 0 bridgehead atoms. The van der Waals surface area contributed by atoms with Gasteiger partial charge in [-0.2, -0.15) is 5.26 Å². The zero-order valence-corrected chi connectivity index (χ0v) is 13.6. The van der Waals surface area contributed by atoms with Crippen LogP contribution in [0.4, 0.5) is 0 Å². The van der Waals surface area contributed by atoms with Gasteiger partial charge >= 0.3 is 0 Å². The van der Waals surface area contributed by atoms with Crippen molar-refractivity contribution < 1.29 is 9.15 Å². The number of imidazole rings is 1. The van der Waals surface area contributed by atoms with E-state index >= 15 is 0 Å². The van der Waals surface area contributed by atoms with Crippen LogP contribution in [-0.4, -0.2) is 27.5 Å². The summed E-state index contributed by atoms with van der Waals surface area (Å²) >= 11 is 3.13. The fourth-order valence-corrected chi connectivity index (χ4v) is 3.62. The maximum atomic E-state index is 8.66. The molecule has 0 amide bonds. The molecule has 0 atom stereocenters. The van der Waals surface area contributed by atoms with Gasteiger partial charge in [-0.15, -0.1) is 5.10 Å². The first-order chi connectivity index (χ1) is 11.3. The molecule has 0 N–H and O–H groups in total. The average Bonchev–Trinajstić information content (AvgIpc) is 3.23. The van der Waals surface area contributed by atoms with Crippen LogP contribution in [-0.2, 0) is 0 Å². The van der Waals surface area contributed by atoms with Crippen LogP contribution in [0.5, 0.6) is 5.75 Å². The zero-order chi connectivity index (χ0) is 15.8. The molecule has 0 saturated carbocycles. The monoisotopic (exact) mass is 342 g/mol. The Morgan fingerprint density at radius 3 is 3.17 bits per heavy atom. The van der Waals surface area contributed by atoms with Crippen molar-refractivity contribution in [1.82, 2.24) is 14.6 Å². The third kappa shape index (κ3) is 2.44. The summed E-state index contributed by atoms with van der Waals surface area (Å²) in [6.07, 6.45) is 3.83. The van der Waals surface area contributed by atoms with Gasteiger partial charge in [0, 0.05) is 0 Å². The molecular weight excluding hydrogens is 332 g/mol. The molecule has 8 heteroatoms. The molecule has 0 spiro atoms. The van der Waals surface area contributed by atoms with Gasteiger partial charge in [-0.05, 0) is 24.5 Å². The van der Waals surface area contributed by atoms with Gasteiger partial charge in [-0.3, -0.25) is 0 Å². The Morgan fingerprint density at radius 2 is 2.39 bits per heavy atom. The molecule has 1 aromatic carbocycles. The van der Waals surface area contributed by atoms with Gasteiger partial charge in [0.25, 0.3) is 0 Å². The molecule has 0 aliphatic carbocycles. The highest BCUT2D eigenvalue weighted by Crippen LogP contribution is 2.34. The number of nitriles is 1. The second kappa shape index (κ2) is 5.61. The van der Waals surface area contributed by atoms with E-state index in [0.717, 1.165) is 20.4 Å². The molecule has 3 aromatic heterocycles. The molecule has 23 heavy (non-hydrogen) atoms. The fraction of sp³-hybridized carbons (Fsp3) is 0.133. The van der Waals surface area contributed by atoms with Crippen LogP contribution in [0.2, 0.25) is 0 Å². The van der Waals surface area contributed by atoms with Crippen molar-refractivity contribution in [3.05, 3.63) is 30.5 Å². The summed E-state index contributed by atoms with van der Waals surface area (Å²) in [6.45, 7) is 0.00121. The Kier molecular flexibility index (Phi) is 3.44. The van der Waals surface area contributed by atoms with Crippen LogP contribution in [0.25, 0.3) is 27.4 Å². The molecule has 0 aliphatic rings. The maximum Gasteiger partial charge on any atom is 0.213 e. The highest BCUT2D eigenvalue weighted by molar-refractivity contribution is 8.00. The van der Waals surface area contributed by atoms with Crippen molar-refractivity contribution in [1.29, 1.82) is 5.26 Å². The third-order valence-electron chi connectivity index (χ3n) is 3.27. The minimum atomic E-state index is 0.00121. The number of ether oxygens (including phenoxy) is 1. The second-order valence-electron chi connectivity index (χ2n) is 4.65. The van der Waals surface area contributed by atoms with E-state index in [9.17, 15) is 0 Å². The van der Waals surface area contributed by atoms with Crippen LogP contribution < -0.4 is 4.74 Å². The number of aromatic nitrogens is 3. The van der Waals surface area contributed by atoms with Crippen molar-refractivity contribution in [3.63, 3.8) is 0 Å². The molecule has 3 heterocycles. The quantitative estimate of drug-likeness (QED) is 0.525. The number of thioether (sulfide) groups is 1. The maximum absolute atomic E-state index is 8.66. The van der Waals surface area contributed by atoms with Crippen molar-refractivity contribution in [3.8, 4) is 23.3 Å². The van der Waals surface area contributed by atoms with E-state index in [1.54, 1.807) is 16.3 Å². The smallest absolute Gasteiger partial charge is 0.213 e. The molecule has 4 rings (SSSR count). The van der Waals surface area contributed by atoms with Crippen LogP contribution in [0, 0.1) is 11.3 Å². The van der Waals surface area contributed by atoms with Crippen LogP contribution in [0.1, 0.15) is 0 Å². The van der Waals surface area contributed by atoms with E-state index in [1.807, 2.05) is 42.8 Å². The summed E-state index contributed by atoms with van der Waals surface area (Å²) in [6, 6.07) is 9.36. The molecule has 4 aromatic rings. The Morgan fingerprint density at radius 1 is 1.48 bits per heavy atom. The lowest BCUT2D eigenvalue weighted by atomic mass is 10.2. The zero-order valence-electron chi connectivity index (χ0n) is 12.0. The summed E-state index contributed by atoms with van der Waals surface area (Å²) in [5.74, 6) is 1.28. The van der Waals surface area contributed by atoms with Crippen molar-refractivity contribution in [2.24, 2.45) is 0 Å². The first kappa shape index (κ1) is 14.1. The second-order valence-corrected chi connectivity index (χ2v) is 6.66. The molecule has 0 fully saturated rings. The molecule has 6 nitrogen and oxygen atoms in total. The standard InChI is InChI=1S/C15H10N4O2S2/c1-22-15-18-19-8-10(17-14(19)23-15)13-7-9-11(20-6-5-16)3-2-4-12(9)21-13/h2-4,7-8H,6H2,1H3. The summed E-state index contributed by atoms with van der Waals surface area (Å²) in [5, 5.41) is 13.9. The van der Waals surface area contributed by atoms with Gasteiger partial charge in [0.2, 0.25) is 4.96 Å². The Bertz CT molecular complexity index is 1010. The summed E-state index contributed by atoms with van der Waals surface area (Å²) < 4.78 is 14.0. The van der Waals surface area contributed by atoms with Gasteiger partial charge in [0.1, 0.15) is 23.1 Å². The van der Waals surface area contributed by atoms with Crippen LogP contribution >= 0.6 is 23.1 Å². The predicted molar refractivity (Wildman–Crippen MR) is 89.0 cm³/mol. The van der Waals surface area contributed by atoms with Crippen LogP contribution in [0.15, 0.2) is 39.2 Å². The Balaban J connectivity index is 1.78. The van der Waals surface area contributed by atoms with E-state index in [2.05, 4.69) is 10.1 Å². The van der Waals surface area contributed by atoms with E-state index < -0.39 is 0 Å². The number of hydrogen-bond acceptors (Lipinski definition) is 7. The van der Waals surface area contributed by atoms with E-state index in [1.165, 1.54) is 11.3 Å². The average molecular weight is 342 g/mol. The molecule has 0 unspecified atom stereocenters. The molecule has 114 valence electrons. The van der Waals surface area contributed by atoms with Crippen LogP contribution in [0.3, 0.4) is 0 Å². The summed E-state index contributed by atoms with van der Waals surface area (Å²) in [4.78, 5) is 5.38. The lowest BCUT2D eigenvalue weighted by molar-refractivity contribution is 0.372. The number of fused-ring (bicyclic) bond motifs is 2. The predicted octanol–water partition coefficient (Wildman–Crippen LogP) is 3.83. The lowest BCUT2D eigenvalue weighted by Gasteiger charge is -2.00. The molecule has 0 aliphatic heterocycles. The van der Waals surface area contributed by atoms with Crippen molar-refractivity contribution in [2.75, 3.05) is 12.9 Å². The molecule has 0 saturated heterocycles. The highest BCUT2D eigenvalue weighted by Gasteiger charge is 2.15. The van der Waals surface area contributed by atoms with Gasteiger partial charge < -0.3 is 9.15 Å². The fourth-order valence-electron chi connectivity index (χ4n) is 2.28. The van der Waals surface area contributed by atoms with Gasteiger partial charge in [0.05, 0.1) is 11.6 Å². The first-order valence-electron chi connectivity index (χ1n) is 6.71. The Hall–Kier alpha value is -2.50. The summed E-state index contributed by atoms with van der Waals surface area (Å²) in [7, 11) is 0. The number of nitrogens with zero attached hydrogens (tertiary/aromatic N) is 4. The Labute approximate surface area is 139 Å². The normalized spacial score (nSPS) is 11.1. The van der Waals surface area contributed by atoms with Gasteiger partial charge in [-0.25, -0.2) is 9.50 Å². The lowest BCUT2D eigenvalue weighted by Crippen LogP contribution is -1.92. The topological polar surface area (TPSA) is 76.3 Å². The van der Waals surface area contributed by atoms with Crippen molar-refractivity contribution in [2.45, 2.75) is 4.34 Å². The van der Waals surface area contributed by atoms with E-state index in [-0.39, 0.29) is 6.61 Å². The minimum absolute atomic E-state index is 0.00121. The van der Waals surface area contributed by atoms with E-state index in [4.69, 9.17) is 14.4 Å². The molecular formula is C15H10N4O2S2. The summed E-state index contributed by atoms with van der Waals surface area (Å²) in [5.41, 5.74) is 1.42. The minimum Gasteiger partial charge on any atom is -0.478 e. The largest absolute Gasteiger partial charge is 0.478 e. The SMILES string of the molecule is CSc1nn2cc(-c3cc4c(OCC#N)cccc4o3)nc2s1. The van der Waals surface area contributed by atoms with Crippen molar-refractivity contribution >= 4 is 39.0 Å². The highest BCUT2D eigenvalue weighted by atomic mass is 32.2. The molecule has 0 radical (unpaired) electrons. The first-order valence-corrected chi connectivity index (χ1v) is 8.75. The van der Waals surface area contributed by atoms with Gasteiger partial charge in [-0.1, -0.05) is 29.2 Å². The van der Waals surface area contributed by atoms with E-state index in [0.29, 0.717) is 17.1 Å². The van der Waals surface area contributed by atoms with Gasteiger partial charge in [0.15, 0.2) is 16.7 Å². The third-order valence-corrected chi connectivity index (χ3v) is 5.16. The number of hydrogen-bond donors (Lipinski definition) is 0. The number of furan rings is 1.